The van der Waals surface area contributed by atoms with Gasteiger partial charge in [0.2, 0.25) is 5.88 Å². The van der Waals surface area contributed by atoms with E-state index >= 15 is 0 Å². The lowest BCUT2D eigenvalue weighted by molar-refractivity contribution is 0.0436. The van der Waals surface area contributed by atoms with Crippen molar-refractivity contribution in [3.8, 4) is 23.1 Å². The Morgan fingerprint density at radius 3 is 2.41 bits per heavy atom. The number of hydrogen-bond acceptors (Lipinski definition) is 8. The molecule has 0 bridgehead atoms. The molecule has 4 rings (SSSR count). The second-order valence-electron chi connectivity index (χ2n) is 8.47. The van der Waals surface area contributed by atoms with Crippen molar-refractivity contribution in [2.24, 2.45) is 0 Å². The fraction of sp³-hybridized carbons (Fsp3) is 0.370. The van der Waals surface area contributed by atoms with Crippen molar-refractivity contribution >= 4 is 5.91 Å². The molecule has 2 heterocycles. The zero-order chi connectivity index (χ0) is 26.4. The third-order valence-corrected chi connectivity index (χ3v) is 6.17. The Bertz CT molecular complexity index is 1270. The van der Waals surface area contributed by atoms with Gasteiger partial charge in [-0.15, -0.1) is 0 Å². The number of carbonyl (C=O) groups is 1. The molecule has 0 radical (unpaired) electrons. The average molecular weight is 510 g/mol. The van der Waals surface area contributed by atoms with Crippen molar-refractivity contribution in [3.63, 3.8) is 0 Å². The van der Waals surface area contributed by atoms with Gasteiger partial charge in [0.05, 0.1) is 26.9 Å². The van der Waals surface area contributed by atoms with Crippen molar-refractivity contribution in [2.45, 2.75) is 32.7 Å². The third-order valence-electron chi connectivity index (χ3n) is 6.17. The van der Waals surface area contributed by atoms with Crippen LogP contribution in [0.1, 0.15) is 35.1 Å². The van der Waals surface area contributed by atoms with Crippen LogP contribution >= 0.6 is 0 Å². The summed E-state index contributed by atoms with van der Waals surface area (Å²) in [6, 6.07) is 14.8. The van der Waals surface area contributed by atoms with E-state index in [0.717, 1.165) is 5.56 Å². The number of methoxy groups -OCH3 is 2. The predicted molar refractivity (Wildman–Crippen MR) is 135 cm³/mol. The van der Waals surface area contributed by atoms with E-state index in [9.17, 15) is 14.7 Å². The molecule has 1 fully saturated rings. The van der Waals surface area contributed by atoms with E-state index in [0.29, 0.717) is 44.2 Å². The number of likely N-dealkylation sites (tertiary alicyclic amines) is 1. The topological polar surface area (TPSA) is 112 Å². The van der Waals surface area contributed by atoms with Gasteiger partial charge in [0.15, 0.2) is 5.56 Å². The molecular formula is C27H31N3O7. The zero-order valence-corrected chi connectivity index (χ0v) is 21.2. The molecule has 1 amide bonds. The Morgan fingerprint density at radius 1 is 1.05 bits per heavy atom. The maximum Gasteiger partial charge on any atom is 0.275 e. The lowest BCUT2D eigenvalue weighted by Crippen LogP contribution is -2.37. The zero-order valence-electron chi connectivity index (χ0n) is 21.2. The Kier molecular flexibility index (Phi) is 8.42. The van der Waals surface area contributed by atoms with Gasteiger partial charge in [-0.3, -0.25) is 14.2 Å². The summed E-state index contributed by atoms with van der Waals surface area (Å²) >= 11 is 0. The lowest BCUT2D eigenvalue weighted by atomic mass is 10.2. The van der Waals surface area contributed by atoms with E-state index in [1.165, 1.54) is 23.7 Å². The summed E-state index contributed by atoms with van der Waals surface area (Å²) in [5.74, 6) is -0.495. The van der Waals surface area contributed by atoms with E-state index in [4.69, 9.17) is 18.9 Å². The highest BCUT2D eigenvalue weighted by atomic mass is 16.5. The van der Waals surface area contributed by atoms with Crippen molar-refractivity contribution in [2.75, 3.05) is 33.9 Å². The quantitative estimate of drug-likeness (QED) is 0.444. The number of benzene rings is 2. The van der Waals surface area contributed by atoms with Crippen LogP contribution in [0.2, 0.25) is 0 Å². The predicted octanol–water partition coefficient (Wildman–Crippen LogP) is 2.92. The van der Waals surface area contributed by atoms with Crippen LogP contribution < -0.4 is 15.0 Å². The van der Waals surface area contributed by atoms with Gasteiger partial charge in [-0.2, -0.15) is 4.98 Å². The molecule has 1 unspecified atom stereocenters. The van der Waals surface area contributed by atoms with Gasteiger partial charge in [-0.1, -0.05) is 36.4 Å². The molecule has 0 saturated carbocycles. The highest BCUT2D eigenvalue weighted by Gasteiger charge is 2.33. The molecule has 2 aromatic carbocycles. The van der Waals surface area contributed by atoms with Crippen LogP contribution in [0.15, 0.2) is 53.3 Å². The van der Waals surface area contributed by atoms with Gasteiger partial charge >= 0.3 is 0 Å². The summed E-state index contributed by atoms with van der Waals surface area (Å²) in [5.41, 5.74) is 0.118. The summed E-state index contributed by atoms with van der Waals surface area (Å²) in [6.45, 7) is 3.19. The molecule has 10 nitrogen and oxygen atoms in total. The summed E-state index contributed by atoms with van der Waals surface area (Å²) in [5, 5.41) is 10.7. The number of aromatic hydroxyl groups is 1. The van der Waals surface area contributed by atoms with Crippen molar-refractivity contribution in [1.29, 1.82) is 0 Å². The summed E-state index contributed by atoms with van der Waals surface area (Å²) in [7, 11) is 2.93. The maximum absolute atomic E-state index is 13.8. The van der Waals surface area contributed by atoms with E-state index in [1.54, 1.807) is 25.1 Å². The smallest absolute Gasteiger partial charge is 0.275 e. The van der Waals surface area contributed by atoms with Crippen LogP contribution in [0.5, 0.6) is 17.4 Å². The first-order chi connectivity index (χ1) is 18.0. The second-order valence-corrected chi connectivity index (χ2v) is 8.47. The van der Waals surface area contributed by atoms with Crippen LogP contribution in [0.4, 0.5) is 0 Å². The fourth-order valence-electron chi connectivity index (χ4n) is 4.31. The van der Waals surface area contributed by atoms with Gasteiger partial charge < -0.3 is 29.0 Å². The number of nitrogens with zero attached hydrogens (tertiary/aromatic N) is 3. The van der Waals surface area contributed by atoms with Crippen LogP contribution in [0, 0.1) is 0 Å². The van der Waals surface area contributed by atoms with Gasteiger partial charge in [0.25, 0.3) is 11.5 Å². The number of para-hydroxylation sites is 1. The molecule has 1 aliphatic heterocycles. The second kappa shape index (κ2) is 11.9. The Balaban J connectivity index is 1.67. The first kappa shape index (κ1) is 26.2. The molecule has 0 aliphatic carbocycles. The number of carbonyl (C=O) groups excluding carboxylic acids is 1. The standard InChI is InChI=1S/C27H31N3O7/c1-4-36-17-22-28-25(31)23(27(33)30(22)24-20(34-2)11-8-12-21(24)35-3)26(32)29-14-13-19(15-29)37-16-18-9-6-5-7-10-18/h5-12,19,31H,4,13-17H2,1-3H3. The van der Waals surface area contributed by atoms with Crippen LogP contribution in [-0.2, 0) is 22.7 Å². The Labute approximate surface area is 215 Å². The van der Waals surface area contributed by atoms with Gasteiger partial charge in [-0.05, 0) is 31.0 Å². The van der Waals surface area contributed by atoms with Crippen molar-refractivity contribution in [1.82, 2.24) is 14.5 Å². The van der Waals surface area contributed by atoms with Crippen molar-refractivity contribution in [3.05, 3.63) is 75.8 Å². The number of hydrogen-bond donors (Lipinski definition) is 1. The van der Waals surface area contributed by atoms with Crippen molar-refractivity contribution < 1.29 is 28.8 Å². The van der Waals surface area contributed by atoms with Crippen LogP contribution in [0.3, 0.4) is 0 Å². The lowest BCUT2D eigenvalue weighted by Gasteiger charge is -2.21. The number of amides is 1. The molecule has 3 aromatic rings. The average Bonchev–Trinajstić information content (AvgIpc) is 3.40. The minimum atomic E-state index is -0.747. The summed E-state index contributed by atoms with van der Waals surface area (Å²) in [6.07, 6.45) is 0.428. The monoisotopic (exact) mass is 509 g/mol. The molecule has 0 spiro atoms. The van der Waals surface area contributed by atoms with Gasteiger partial charge in [0.1, 0.15) is 29.6 Å². The van der Waals surface area contributed by atoms with E-state index in [-0.39, 0.29) is 24.2 Å². The first-order valence-electron chi connectivity index (χ1n) is 12.1. The molecule has 10 heteroatoms. The molecule has 1 atom stereocenters. The molecular weight excluding hydrogens is 478 g/mol. The number of ether oxygens (including phenoxy) is 4. The third kappa shape index (κ3) is 5.60. The normalized spacial score (nSPS) is 15.1. The molecule has 1 aromatic heterocycles. The Morgan fingerprint density at radius 2 is 1.76 bits per heavy atom. The Hall–Kier alpha value is -3.89. The fourth-order valence-corrected chi connectivity index (χ4v) is 4.31. The molecule has 37 heavy (non-hydrogen) atoms. The minimum absolute atomic E-state index is 0.0753. The summed E-state index contributed by atoms with van der Waals surface area (Å²) < 4.78 is 23.6. The minimum Gasteiger partial charge on any atom is -0.494 e. The number of rotatable bonds is 10. The molecule has 1 aliphatic rings. The highest BCUT2D eigenvalue weighted by molar-refractivity contribution is 5.96. The van der Waals surface area contributed by atoms with Gasteiger partial charge in [0, 0.05) is 19.7 Å². The number of aromatic nitrogens is 2. The van der Waals surface area contributed by atoms with E-state index in [1.807, 2.05) is 30.3 Å². The van der Waals surface area contributed by atoms with Crippen LogP contribution in [0.25, 0.3) is 5.69 Å². The van der Waals surface area contributed by atoms with E-state index < -0.39 is 22.9 Å². The molecule has 1 saturated heterocycles. The maximum atomic E-state index is 13.8. The molecule has 1 N–H and O–H groups in total. The highest BCUT2D eigenvalue weighted by Crippen LogP contribution is 2.33. The van der Waals surface area contributed by atoms with E-state index in [2.05, 4.69) is 4.98 Å². The largest absolute Gasteiger partial charge is 0.494 e. The van der Waals surface area contributed by atoms with Gasteiger partial charge in [-0.25, -0.2) is 0 Å². The SMILES string of the molecule is CCOCc1nc(O)c(C(=O)N2CCC(OCc3ccccc3)C2)c(=O)n1-c1c(OC)cccc1OC. The first-order valence-corrected chi connectivity index (χ1v) is 12.1. The molecule has 196 valence electrons. The van der Waals surface area contributed by atoms with Crippen LogP contribution in [-0.4, -0.2) is 65.5 Å². The summed E-state index contributed by atoms with van der Waals surface area (Å²) in [4.78, 5) is 33.0.